The van der Waals surface area contributed by atoms with Gasteiger partial charge in [0, 0.05) is 17.5 Å². The van der Waals surface area contributed by atoms with E-state index in [1.807, 2.05) is 19.1 Å². The summed E-state index contributed by atoms with van der Waals surface area (Å²) in [7, 11) is 0. The van der Waals surface area contributed by atoms with Crippen molar-refractivity contribution in [3.05, 3.63) is 21.3 Å². The van der Waals surface area contributed by atoms with Crippen molar-refractivity contribution in [2.45, 2.75) is 26.4 Å². The SMILES string of the molecule is CC(NCc1ccc(Cl)s1)C(C)C(=O)O. The van der Waals surface area contributed by atoms with Crippen LogP contribution in [0.25, 0.3) is 0 Å². The predicted molar refractivity (Wildman–Crippen MR) is 62.4 cm³/mol. The lowest BCUT2D eigenvalue weighted by Crippen LogP contribution is -2.35. The van der Waals surface area contributed by atoms with Gasteiger partial charge in [-0.05, 0) is 19.1 Å². The van der Waals surface area contributed by atoms with E-state index in [-0.39, 0.29) is 12.0 Å². The van der Waals surface area contributed by atoms with E-state index >= 15 is 0 Å². The van der Waals surface area contributed by atoms with Crippen LogP contribution in [-0.4, -0.2) is 17.1 Å². The first kappa shape index (κ1) is 12.5. The van der Waals surface area contributed by atoms with Gasteiger partial charge < -0.3 is 10.4 Å². The lowest BCUT2D eigenvalue weighted by Gasteiger charge is -2.16. The Hall–Kier alpha value is -0.580. The van der Waals surface area contributed by atoms with Crippen LogP contribution in [0.4, 0.5) is 0 Å². The van der Waals surface area contributed by atoms with Crippen molar-refractivity contribution in [2.24, 2.45) is 5.92 Å². The van der Waals surface area contributed by atoms with Crippen LogP contribution in [0.3, 0.4) is 0 Å². The molecule has 0 aliphatic heterocycles. The first-order valence-corrected chi connectivity index (χ1v) is 5.90. The van der Waals surface area contributed by atoms with Crippen molar-refractivity contribution in [3.63, 3.8) is 0 Å². The van der Waals surface area contributed by atoms with Gasteiger partial charge in [-0.1, -0.05) is 18.5 Å². The fourth-order valence-corrected chi connectivity index (χ4v) is 2.14. The molecule has 0 saturated heterocycles. The van der Waals surface area contributed by atoms with E-state index in [2.05, 4.69) is 5.32 Å². The van der Waals surface area contributed by atoms with Crippen LogP contribution in [0.1, 0.15) is 18.7 Å². The van der Waals surface area contributed by atoms with E-state index in [9.17, 15) is 4.79 Å². The molecule has 0 aliphatic rings. The molecule has 1 aromatic rings. The minimum absolute atomic E-state index is 0.0524. The minimum atomic E-state index is -0.779. The van der Waals surface area contributed by atoms with Gasteiger partial charge in [0.05, 0.1) is 10.3 Å². The standard InChI is InChI=1S/C10H14ClNO2S/c1-6(10(13)14)7(2)12-5-8-3-4-9(11)15-8/h3-4,6-7,12H,5H2,1-2H3,(H,13,14). The fourth-order valence-electron chi connectivity index (χ4n) is 1.10. The number of hydrogen-bond donors (Lipinski definition) is 2. The summed E-state index contributed by atoms with van der Waals surface area (Å²) in [4.78, 5) is 11.8. The third kappa shape index (κ3) is 3.81. The molecule has 5 heteroatoms. The van der Waals surface area contributed by atoms with Crippen LogP contribution in [0.2, 0.25) is 4.34 Å². The summed E-state index contributed by atoms with van der Waals surface area (Å²) in [5.74, 6) is -1.17. The van der Waals surface area contributed by atoms with E-state index in [4.69, 9.17) is 16.7 Å². The largest absolute Gasteiger partial charge is 0.481 e. The zero-order valence-corrected chi connectivity index (χ0v) is 10.2. The van der Waals surface area contributed by atoms with Crippen molar-refractivity contribution in [3.8, 4) is 0 Å². The lowest BCUT2D eigenvalue weighted by molar-refractivity contribution is -0.141. The Morgan fingerprint density at radius 2 is 2.27 bits per heavy atom. The number of thiophene rings is 1. The summed E-state index contributed by atoms with van der Waals surface area (Å²) in [6.07, 6.45) is 0. The quantitative estimate of drug-likeness (QED) is 0.841. The molecule has 2 N–H and O–H groups in total. The molecular formula is C10H14ClNO2S. The topological polar surface area (TPSA) is 49.3 Å². The molecule has 2 atom stereocenters. The van der Waals surface area contributed by atoms with Crippen LogP contribution in [-0.2, 0) is 11.3 Å². The van der Waals surface area contributed by atoms with Gasteiger partial charge in [0.1, 0.15) is 0 Å². The number of halogens is 1. The number of carboxylic acids is 1. The molecule has 1 rings (SSSR count). The third-order valence-corrected chi connectivity index (χ3v) is 3.60. The highest BCUT2D eigenvalue weighted by atomic mass is 35.5. The molecule has 3 nitrogen and oxygen atoms in total. The van der Waals surface area contributed by atoms with Crippen LogP contribution in [0.5, 0.6) is 0 Å². The third-order valence-electron chi connectivity index (χ3n) is 2.37. The van der Waals surface area contributed by atoms with E-state index in [1.54, 1.807) is 6.92 Å². The molecule has 0 amide bonds. The highest BCUT2D eigenvalue weighted by molar-refractivity contribution is 7.16. The molecule has 1 aromatic heterocycles. The van der Waals surface area contributed by atoms with Gasteiger partial charge in [0.15, 0.2) is 0 Å². The normalized spacial score (nSPS) is 14.9. The summed E-state index contributed by atoms with van der Waals surface area (Å²) >= 11 is 7.29. The van der Waals surface area contributed by atoms with Gasteiger partial charge in [0.2, 0.25) is 0 Å². The molecule has 0 radical (unpaired) electrons. The van der Waals surface area contributed by atoms with Crippen LogP contribution in [0, 0.1) is 5.92 Å². The number of carboxylic acid groups (broad SMARTS) is 1. The summed E-state index contributed by atoms with van der Waals surface area (Å²) in [6, 6.07) is 3.73. The second-order valence-electron chi connectivity index (χ2n) is 3.50. The highest BCUT2D eigenvalue weighted by Crippen LogP contribution is 2.21. The van der Waals surface area contributed by atoms with Gasteiger partial charge in [0.25, 0.3) is 0 Å². The smallest absolute Gasteiger partial charge is 0.307 e. The molecular weight excluding hydrogens is 234 g/mol. The molecule has 0 bridgehead atoms. The monoisotopic (exact) mass is 247 g/mol. The fraction of sp³-hybridized carbons (Fsp3) is 0.500. The summed E-state index contributed by atoms with van der Waals surface area (Å²) < 4.78 is 0.755. The zero-order chi connectivity index (χ0) is 11.4. The second kappa shape index (κ2) is 5.49. The Morgan fingerprint density at radius 1 is 1.60 bits per heavy atom. The first-order chi connectivity index (χ1) is 7.00. The average Bonchev–Trinajstić information content (AvgIpc) is 2.59. The molecule has 1 heterocycles. The summed E-state index contributed by atoms with van der Waals surface area (Å²) in [5, 5.41) is 12.0. The van der Waals surface area contributed by atoms with Crippen molar-refractivity contribution in [1.29, 1.82) is 0 Å². The van der Waals surface area contributed by atoms with E-state index < -0.39 is 5.97 Å². The van der Waals surface area contributed by atoms with Crippen molar-refractivity contribution in [2.75, 3.05) is 0 Å². The molecule has 84 valence electrons. The first-order valence-electron chi connectivity index (χ1n) is 4.71. The van der Waals surface area contributed by atoms with Gasteiger partial charge in [-0.15, -0.1) is 11.3 Å². The van der Waals surface area contributed by atoms with E-state index in [0.29, 0.717) is 6.54 Å². The van der Waals surface area contributed by atoms with Gasteiger partial charge in [-0.25, -0.2) is 0 Å². The number of hydrogen-bond acceptors (Lipinski definition) is 3. The number of nitrogens with one attached hydrogen (secondary N) is 1. The van der Waals surface area contributed by atoms with E-state index in [0.717, 1.165) is 9.21 Å². The van der Waals surface area contributed by atoms with Crippen molar-refractivity contribution < 1.29 is 9.90 Å². The lowest BCUT2D eigenvalue weighted by atomic mass is 10.0. The Labute approximate surface area is 98.1 Å². The highest BCUT2D eigenvalue weighted by Gasteiger charge is 2.18. The number of aliphatic carboxylic acids is 1. The molecule has 0 saturated carbocycles. The summed E-state index contributed by atoms with van der Waals surface area (Å²) in [6.45, 7) is 4.23. The van der Waals surface area contributed by atoms with Gasteiger partial charge in [-0.3, -0.25) is 4.79 Å². The maximum Gasteiger partial charge on any atom is 0.307 e. The van der Waals surface area contributed by atoms with Crippen LogP contribution >= 0.6 is 22.9 Å². The van der Waals surface area contributed by atoms with E-state index in [1.165, 1.54) is 11.3 Å². The molecule has 0 aromatic carbocycles. The zero-order valence-electron chi connectivity index (χ0n) is 8.66. The second-order valence-corrected chi connectivity index (χ2v) is 5.30. The summed E-state index contributed by atoms with van der Waals surface area (Å²) in [5.41, 5.74) is 0. The maximum absolute atomic E-state index is 10.7. The Kier molecular flexibility index (Phi) is 4.57. The molecule has 0 aliphatic carbocycles. The van der Waals surface area contributed by atoms with Crippen molar-refractivity contribution >= 4 is 28.9 Å². The number of carbonyl (C=O) groups is 1. The molecule has 15 heavy (non-hydrogen) atoms. The Morgan fingerprint density at radius 3 is 2.73 bits per heavy atom. The molecule has 0 spiro atoms. The molecule has 2 unspecified atom stereocenters. The minimum Gasteiger partial charge on any atom is -0.481 e. The van der Waals surface area contributed by atoms with Gasteiger partial charge >= 0.3 is 5.97 Å². The van der Waals surface area contributed by atoms with Crippen LogP contribution in [0.15, 0.2) is 12.1 Å². The van der Waals surface area contributed by atoms with Crippen LogP contribution < -0.4 is 5.32 Å². The van der Waals surface area contributed by atoms with Crippen molar-refractivity contribution in [1.82, 2.24) is 5.32 Å². The number of rotatable bonds is 5. The Balaban J connectivity index is 2.40. The molecule has 0 fully saturated rings. The predicted octanol–water partition coefficient (Wildman–Crippen LogP) is 2.60. The van der Waals surface area contributed by atoms with Gasteiger partial charge in [-0.2, -0.15) is 0 Å². The maximum atomic E-state index is 10.7. The Bertz CT molecular complexity index is 340. The average molecular weight is 248 g/mol.